The molecule has 0 aliphatic heterocycles. The fraction of sp³-hybridized carbons (Fsp3) is 0.267. The molecule has 0 saturated carbocycles. The van der Waals surface area contributed by atoms with E-state index in [0.29, 0.717) is 6.54 Å². The lowest BCUT2D eigenvalue weighted by atomic mass is 9.92. The number of hydrogen-bond acceptors (Lipinski definition) is 3. The monoisotopic (exact) mass is 319 g/mol. The molecule has 3 N–H and O–H groups in total. The van der Waals surface area contributed by atoms with Crippen molar-refractivity contribution in [3.8, 4) is 0 Å². The molecule has 0 aliphatic carbocycles. The van der Waals surface area contributed by atoms with Crippen LogP contribution in [0.15, 0.2) is 47.1 Å². The Labute approximate surface area is 122 Å². The maximum Gasteiger partial charge on any atom is 0.141 e. The lowest BCUT2D eigenvalue weighted by molar-refractivity contribution is 0.553. The Morgan fingerprint density at radius 1 is 1.26 bits per heavy atom. The molecule has 0 amide bonds. The van der Waals surface area contributed by atoms with Gasteiger partial charge in [0.25, 0.3) is 0 Å². The van der Waals surface area contributed by atoms with E-state index in [2.05, 4.69) is 45.3 Å². The Morgan fingerprint density at radius 2 is 1.95 bits per heavy atom. The zero-order valence-electron chi connectivity index (χ0n) is 11.2. The number of aromatic nitrogens is 1. The summed E-state index contributed by atoms with van der Waals surface area (Å²) in [5.41, 5.74) is 7.92. The molecule has 0 spiro atoms. The summed E-state index contributed by atoms with van der Waals surface area (Å²) in [6.07, 6.45) is 1.80. The van der Waals surface area contributed by atoms with Crippen molar-refractivity contribution in [3.05, 3.63) is 58.2 Å². The van der Waals surface area contributed by atoms with Gasteiger partial charge in [0.1, 0.15) is 5.82 Å². The molecule has 2 aromatic rings. The number of pyridine rings is 1. The second-order valence-corrected chi connectivity index (χ2v) is 5.61. The fourth-order valence-electron chi connectivity index (χ4n) is 1.94. The van der Waals surface area contributed by atoms with Crippen LogP contribution in [0.2, 0.25) is 0 Å². The molecule has 2 rings (SSSR count). The molecular formula is C15H18BrN3. The highest BCUT2D eigenvalue weighted by atomic mass is 79.9. The number of nitrogens with zero attached hydrogens (tertiary/aromatic N) is 1. The molecule has 19 heavy (non-hydrogen) atoms. The number of rotatable bonds is 4. The van der Waals surface area contributed by atoms with Crippen LogP contribution in [0, 0.1) is 6.92 Å². The molecule has 1 aromatic carbocycles. The summed E-state index contributed by atoms with van der Waals surface area (Å²) in [4.78, 5) is 4.38. The molecule has 0 saturated heterocycles. The number of nitrogens with one attached hydrogen (secondary N) is 1. The molecule has 0 fully saturated rings. The number of nitrogens with two attached hydrogens (primary N) is 1. The first-order chi connectivity index (χ1) is 9.07. The number of benzene rings is 1. The maximum absolute atomic E-state index is 5.97. The van der Waals surface area contributed by atoms with E-state index in [-0.39, 0.29) is 5.54 Å². The van der Waals surface area contributed by atoms with E-state index in [1.165, 1.54) is 0 Å². The average molecular weight is 320 g/mol. The molecule has 1 aromatic heterocycles. The van der Waals surface area contributed by atoms with Crippen LogP contribution in [-0.4, -0.2) is 11.5 Å². The van der Waals surface area contributed by atoms with Gasteiger partial charge >= 0.3 is 0 Å². The van der Waals surface area contributed by atoms with Crippen molar-refractivity contribution in [3.63, 3.8) is 0 Å². The van der Waals surface area contributed by atoms with E-state index >= 15 is 0 Å². The minimum absolute atomic E-state index is 0.343. The van der Waals surface area contributed by atoms with Crippen molar-refractivity contribution < 1.29 is 0 Å². The van der Waals surface area contributed by atoms with E-state index in [9.17, 15) is 0 Å². The van der Waals surface area contributed by atoms with Crippen molar-refractivity contribution >= 4 is 21.7 Å². The Morgan fingerprint density at radius 3 is 2.58 bits per heavy atom. The third-order valence-electron chi connectivity index (χ3n) is 3.30. The Balaban J connectivity index is 2.36. The van der Waals surface area contributed by atoms with Crippen molar-refractivity contribution in [1.82, 2.24) is 4.98 Å². The molecule has 3 nitrogen and oxygen atoms in total. The molecule has 0 bridgehead atoms. The van der Waals surface area contributed by atoms with Gasteiger partial charge in [0.2, 0.25) is 0 Å². The molecule has 100 valence electrons. The van der Waals surface area contributed by atoms with Crippen LogP contribution in [0.25, 0.3) is 0 Å². The number of anilines is 1. The Hall–Kier alpha value is -1.39. The van der Waals surface area contributed by atoms with Crippen molar-refractivity contribution in [2.24, 2.45) is 5.73 Å². The van der Waals surface area contributed by atoms with Gasteiger partial charge in [0, 0.05) is 12.7 Å². The molecule has 4 heteroatoms. The smallest absolute Gasteiger partial charge is 0.141 e. The zero-order valence-corrected chi connectivity index (χ0v) is 12.7. The summed E-state index contributed by atoms with van der Waals surface area (Å²) >= 11 is 3.57. The summed E-state index contributed by atoms with van der Waals surface area (Å²) < 4.78 is 0.977. The number of hydrogen-bond donors (Lipinski definition) is 2. The highest BCUT2D eigenvalue weighted by Gasteiger charge is 2.25. The molecular weight excluding hydrogens is 302 g/mol. The second-order valence-electron chi connectivity index (χ2n) is 4.82. The van der Waals surface area contributed by atoms with Crippen LogP contribution in [-0.2, 0) is 5.54 Å². The molecule has 0 radical (unpaired) electrons. The number of aryl methyl sites for hydroxylation is 1. The van der Waals surface area contributed by atoms with Gasteiger partial charge in [-0.15, -0.1) is 0 Å². The first kappa shape index (κ1) is 14.0. The van der Waals surface area contributed by atoms with Crippen LogP contribution in [0.5, 0.6) is 0 Å². The van der Waals surface area contributed by atoms with Crippen LogP contribution in [0.4, 0.5) is 5.82 Å². The van der Waals surface area contributed by atoms with E-state index in [0.717, 1.165) is 21.4 Å². The third-order valence-corrected chi connectivity index (χ3v) is 4.30. The van der Waals surface area contributed by atoms with E-state index < -0.39 is 0 Å². The summed E-state index contributed by atoms with van der Waals surface area (Å²) in [5, 5.41) is 3.45. The zero-order chi connectivity index (χ0) is 13.9. The van der Waals surface area contributed by atoms with Gasteiger partial charge in [-0.25, -0.2) is 4.98 Å². The van der Waals surface area contributed by atoms with Crippen LogP contribution in [0.3, 0.4) is 0 Å². The summed E-state index contributed by atoms with van der Waals surface area (Å²) in [6, 6.07) is 12.2. The van der Waals surface area contributed by atoms with Crippen molar-refractivity contribution in [1.29, 1.82) is 0 Å². The SMILES string of the molecule is Cc1ccnc(NC(C)(CN)c2ccccc2)c1Br. The summed E-state index contributed by atoms with van der Waals surface area (Å²) in [7, 11) is 0. The Kier molecular flexibility index (Phi) is 4.22. The van der Waals surface area contributed by atoms with Crippen molar-refractivity contribution in [2.45, 2.75) is 19.4 Å². The van der Waals surface area contributed by atoms with Gasteiger partial charge in [-0.2, -0.15) is 0 Å². The molecule has 1 heterocycles. The largest absolute Gasteiger partial charge is 0.359 e. The topological polar surface area (TPSA) is 50.9 Å². The van der Waals surface area contributed by atoms with Gasteiger partial charge < -0.3 is 11.1 Å². The van der Waals surface area contributed by atoms with Gasteiger partial charge in [-0.05, 0) is 47.0 Å². The van der Waals surface area contributed by atoms with Gasteiger partial charge in [0.15, 0.2) is 0 Å². The normalized spacial score (nSPS) is 13.9. The van der Waals surface area contributed by atoms with E-state index in [4.69, 9.17) is 5.73 Å². The maximum atomic E-state index is 5.97. The minimum Gasteiger partial charge on any atom is -0.359 e. The van der Waals surface area contributed by atoms with E-state index in [1.807, 2.05) is 31.2 Å². The quantitative estimate of drug-likeness (QED) is 0.907. The van der Waals surface area contributed by atoms with Crippen molar-refractivity contribution in [2.75, 3.05) is 11.9 Å². The second kappa shape index (κ2) is 5.72. The van der Waals surface area contributed by atoms with Gasteiger partial charge in [-0.1, -0.05) is 30.3 Å². The molecule has 0 aliphatic rings. The highest BCUT2D eigenvalue weighted by Crippen LogP contribution is 2.30. The number of halogens is 1. The Bertz CT molecular complexity index is 557. The third kappa shape index (κ3) is 2.96. The highest BCUT2D eigenvalue weighted by molar-refractivity contribution is 9.10. The van der Waals surface area contributed by atoms with Crippen LogP contribution >= 0.6 is 15.9 Å². The predicted octanol–water partition coefficient (Wildman–Crippen LogP) is 3.44. The first-order valence-corrected chi connectivity index (χ1v) is 7.01. The van der Waals surface area contributed by atoms with Gasteiger partial charge in [-0.3, -0.25) is 0 Å². The standard InChI is InChI=1S/C15H18BrN3/c1-11-8-9-18-14(13(11)16)19-15(2,10-17)12-6-4-3-5-7-12/h3-9H,10,17H2,1-2H3,(H,18,19). The molecule has 1 unspecified atom stereocenters. The van der Waals surface area contributed by atoms with Crippen LogP contribution in [0.1, 0.15) is 18.1 Å². The van der Waals surface area contributed by atoms with E-state index in [1.54, 1.807) is 6.20 Å². The van der Waals surface area contributed by atoms with Crippen LogP contribution < -0.4 is 11.1 Å². The fourth-order valence-corrected chi connectivity index (χ4v) is 2.27. The molecule has 1 atom stereocenters. The predicted molar refractivity (Wildman–Crippen MR) is 83.1 cm³/mol. The average Bonchev–Trinajstić information content (AvgIpc) is 2.45. The first-order valence-electron chi connectivity index (χ1n) is 6.22. The lowest BCUT2D eigenvalue weighted by Gasteiger charge is -2.31. The van der Waals surface area contributed by atoms with Gasteiger partial charge in [0.05, 0.1) is 10.0 Å². The summed E-state index contributed by atoms with van der Waals surface area (Å²) in [5.74, 6) is 0.816. The minimum atomic E-state index is -0.343. The summed E-state index contributed by atoms with van der Waals surface area (Å²) in [6.45, 7) is 4.61. The lowest BCUT2D eigenvalue weighted by Crippen LogP contribution is -2.40.